The molecule has 4 saturated carbocycles. The minimum Gasteiger partial charge on any atom is -0.458 e. The zero-order valence-corrected chi connectivity index (χ0v) is 20.3. The van der Waals surface area contributed by atoms with Crippen LogP contribution in [0, 0.1) is 28.6 Å². The molecule has 2 bridgehead atoms. The maximum Gasteiger partial charge on any atom is 0.331 e. The molecule has 0 spiro atoms. The molecule has 0 aromatic rings. The second-order valence-corrected chi connectivity index (χ2v) is 12.6. The Morgan fingerprint density at radius 3 is 2.53 bits per heavy atom. The molecule has 6 aliphatic rings. The van der Waals surface area contributed by atoms with Crippen molar-refractivity contribution in [3.05, 3.63) is 11.6 Å². The average Bonchev–Trinajstić information content (AvgIpc) is 3.27. The van der Waals surface area contributed by atoms with Gasteiger partial charge in [-0.15, -0.1) is 0 Å². The van der Waals surface area contributed by atoms with E-state index in [1.54, 1.807) is 6.08 Å². The van der Waals surface area contributed by atoms with Crippen molar-refractivity contribution in [1.29, 1.82) is 0 Å². The molecule has 2 heterocycles. The summed E-state index contributed by atoms with van der Waals surface area (Å²) < 4.78 is 17.6. The fraction of sp³-hybridized carbons (Fsp3) is 0.885. The van der Waals surface area contributed by atoms with Crippen molar-refractivity contribution < 1.29 is 39.4 Å². The van der Waals surface area contributed by atoms with Crippen LogP contribution in [-0.2, 0) is 19.0 Å². The number of cyclic esters (lactones) is 1. The van der Waals surface area contributed by atoms with Crippen LogP contribution in [0.4, 0.5) is 0 Å². The van der Waals surface area contributed by atoms with Gasteiger partial charge in [0, 0.05) is 30.3 Å². The van der Waals surface area contributed by atoms with Crippen molar-refractivity contribution in [1.82, 2.24) is 0 Å². The number of rotatable bonds is 2. The number of hydrogen-bond acceptors (Lipinski definition) is 8. The molecule has 8 heteroatoms. The van der Waals surface area contributed by atoms with E-state index in [1.807, 2.05) is 20.8 Å². The van der Waals surface area contributed by atoms with E-state index in [-0.39, 0.29) is 37.1 Å². The van der Waals surface area contributed by atoms with Gasteiger partial charge in [-0.2, -0.15) is 0 Å². The lowest BCUT2D eigenvalue weighted by Gasteiger charge is -2.70. The number of aliphatic hydroxyl groups excluding tert-OH is 2. The predicted octanol–water partition coefficient (Wildman–Crippen LogP) is 1.43. The van der Waals surface area contributed by atoms with Gasteiger partial charge in [-0.1, -0.05) is 6.92 Å². The lowest BCUT2D eigenvalue weighted by molar-refractivity contribution is -0.398. The van der Waals surface area contributed by atoms with Gasteiger partial charge in [0.05, 0.1) is 41.5 Å². The number of fused-ring (bicyclic) bond motifs is 8. The molecular formula is C26H38O8. The quantitative estimate of drug-likeness (QED) is 0.439. The van der Waals surface area contributed by atoms with Gasteiger partial charge < -0.3 is 34.6 Å². The Hall–Kier alpha value is -1.03. The van der Waals surface area contributed by atoms with Crippen LogP contribution < -0.4 is 0 Å². The third kappa shape index (κ3) is 2.73. The molecule has 0 aromatic carbocycles. The summed E-state index contributed by atoms with van der Waals surface area (Å²) in [4.78, 5) is 11.8. The second-order valence-electron chi connectivity index (χ2n) is 12.6. The van der Waals surface area contributed by atoms with Crippen LogP contribution in [-0.4, -0.2) is 74.9 Å². The number of aliphatic hydroxyl groups is 4. The van der Waals surface area contributed by atoms with E-state index in [1.165, 1.54) is 0 Å². The molecular weight excluding hydrogens is 440 g/mol. The summed E-state index contributed by atoms with van der Waals surface area (Å²) in [5.74, 6) is -2.07. The van der Waals surface area contributed by atoms with Crippen LogP contribution in [0.25, 0.3) is 0 Å². The monoisotopic (exact) mass is 478 g/mol. The Labute approximate surface area is 200 Å². The zero-order chi connectivity index (χ0) is 24.3. The summed E-state index contributed by atoms with van der Waals surface area (Å²) in [6, 6.07) is 0. The summed E-state index contributed by atoms with van der Waals surface area (Å²) in [5, 5.41) is 47.2. The molecule has 5 fully saturated rings. The van der Waals surface area contributed by atoms with E-state index in [2.05, 4.69) is 0 Å². The molecule has 8 nitrogen and oxygen atoms in total. The highest BCUT2D eigenvalue weighted by Gasteiger charge is 2.76. The Bertz CT molecular complexity index is 932. The molecule has 190 valence electrons. The van der Waals surface area contributed by atoms with E-state index < -0.39 is 45.9 Å². The first-order valence-electron chi connectivity index (χ1n) is 12.9. The standard InChI is InChI=1S/C26H38O8/c1-22(2)33-15-9-19(34-22)25(13-27)21-17(4-6-24(25,30)10-15)26(31)7-5-16(14-8-20(29)32-12-14)23(26,3)11-18(21)28/h8,15-19,21,27-28,30-31H,4-7,9-13H2,1-3H3/t15-,16-,17-,18+,19+,21+,23-,24-,25+,26+/m0/s1. The van der Waals surface area contributed by atoms with Crippen molar-refractivity contribution in [2.75, 3.05) is 13.2 Å². The van der Waals surface area contributed by atoms with Crippen molar-refractivity contribution in [3.8, 4) is 0 Å². The van der Waals surface area contributed by atoms with E-state index in [4.69, 9.17) is 14.2 Å². The van der Waals surface area contributed by atoms with E-state index in [0.717, 1.165) is 5.57 Å². The number of hydrogen-bond donors (Lipinski definition) is 4. The van der Waals surface area contributed by atoms with Crippen molar-refractivity contribution >= 4 is 5.97 Å². The summed E-state index contributed by atoms with van der Waals surface area (Å²) in [5.41, 5.74) is -3.16. The third-order valence-electron chi connectivity index (χ3n) is 10.9. The third-order valence-corrected chi connectivity index (χ3v) is 10.9. The molecule has 0 aromatic heterocycles. The van der Waals surface area contributed by atoms with E-state index in [9.17, 15) is 25.2 Å². The Kier molecular flexibility index (Phi) is 4.84. The summed E-state index contributed by atoms with van der Waals surface area (Å²) in [7, 11) is 0. The molecule has 4 aliphatic carbocycles. The van der Waals surface area contributed by atoms with E-state index >= 15 is 0 Å². The smallest absolute Gasteiger partial charge is 0.331 e. The van der Waals surface area contributed by atoms with Gasteiger partial charge in [-0.05, 0) is 63.4 Å². The molecule has 6 rings (SSSR count). The van der Waals surface area contributed by atoms with Gasteiger partial charge in [0.1, 0.15) is 6.61 Å². The maximum absolute atomic E-state index is 12.4. The van der Waals surface area contributed by atoms with Crippen LogP contribution in [0.1, 0.15) is 65.7 Å². The lowest BCUT2D eigenvalue weighted by atomic mass is 9.40. The highest BCUT2D eigenvalue weighted by atomic mass is 16.7. The normalized spacial score (nSPS) is 55.6. The highest BCUT2D eigenvalue weighted by molar-refractivity contribution is 5.85. The predicted molar refractivity (Wildman–Crippen MR) is 119 cm³/mol. The lowest BCUT2D eigenvalue weighted by Crippen LogP contribution is -2.77. The summed E-state index contributed by atoms with van der Waals surface area (Å²) in [6.45, 7) is 5.66. The zero-order valence-electron chi connectivity index (χ0n) is 20.3. The number of carbonyl (C=O) groups is 1. The van der Waals surface area contributed by atoms with Crippen molar-refractivity contribution in [3.63, 3.8) is 0 Å². The molecule has 4 N–H and O–H groups in total. The Morgan fingerprint density at radius 1 is 1.09 bits per heavy atom. The van der Waals surface area contributed by atoms with Crippen LogP contribution in [0.3, 0.4) is 0 Å². The molecule has 10 atom stereocenters. The summed E-state index contributed by atoms with van der Waals surface area (Å²) in [6.07, 6.45) is 3.55. The number of ether oxygens (including phenoxy) is 3. The van der Waals surface area contributed by atoms with Gasteiger partial charge in [0.15, 0.2) is 5.79 Å². The minimum atomic E-state index is -1.25. The highest BCUT2D eigenvalue weighted by Crippen LogP contribution is 2.71. The fourth-order valence-corrected chi connectivity index (χ4v) is 9.65. The number of carbonyl (C=O) groups excluding carboxylic acids is 1. The van der Waals surface area contributed by atoms with Crippen LogP contribution >= 0.6 is 0 Å². The van der Waals surface area contributed by atoms with Gasteiger partial charge >= 0.3 is 5.97 Å². The molecule has 0 amide bonds. The second kappa shape index (κ2) is 7.05. The molecule has 34 heavy (non-hydrogen) atoms. The average molecular weight is 479 g/mol. The first-order valence-corrected chi connectivity index (χ1v) is 12.9. The molecule has 0 unspecified atom stereocenters. The first kappa shape index (κ1) is 23.4. The number of esters is 1. The topological polar surface area (TPSA) is 126 Å². The van der Waals surface area contributed by atoms with Gasteiger partial charge in [-0.3, -0.25) is 0 Å². The van der Waals surface area contributed by atoms with E-state index in [0.29, 0.717) is 44.9 Å². The molecule has 0 radical (unpaired) electrons. The van der Waals surface area contributed by atoms with Gasteiger partial charge in [0.25, 0.3) is 0 Å². The van der Waals surface area contributed by atoms with Crippen molar-refractivity contribution in [2.45, 2.75) is 101 Å². The largest absolute Gasteiger partial charge is 0.458 e. The van der Waals surface area contributed by atoms with Crippen LogP contribution in [0.15, 0.2) is 11.6 Å². The summed E-state index contributed by atoms with van der Waals surface area (Å²) >= 11 is 0. The fourth-order valence-electron chi connectivity index (χ4n) is 9.65. The van der Waals surface area contributed by atoms with Crippen LogP contribution in [0.5, 0.6) is 0 Å². The van der Waals surface area contributed by atoms with Crippen molar-refractivity contribution in [2.24, 2.45) is 28.6 Å². The molecule has 1 saturated heterocycles. The maximum atomic E-state index is 12.4. The Morgan fingerprint density at radius 2 is 1.85 bits per heavy atom. The first-order chi connectivity index (χ1) is 15.9. The SMILES string of the molecule is CC1(C)O[C@H]2C[C@@H](O1)[C@]1(CO)[C@H]3[C@H](O)C[C@@]4(C)[C@H](C5=CC(=O)OC5)CC[C@@]4(O)[C@H]3CC[C@]1(O)C2. The molecule has 2 aliphatic heterocycles. The Balaban J connectivity index is 1.43. The van der Waals surface area contributed by atoms with Gasteiger partial charge in [-0.25, -0.2) is 4.79 Å². The van der Waals surface area contributed by atoms with Gasteiger partial charge in [0.2, 0.25) is 0 Å². The van der Waals surface area contributed by atoms with Crippen LogP contribution in [0.2, 0.25) is 0 Å². The minimum absolute atomic E-state index is 0.0561.